The van der Waals surface area contributed by atoms with Gasteiger partial charge in [0, 0.05) is 24.5 Å². The van der Waals surface area contributed by atoms with Crippen LogP contribution in [0.1, 0.15) is 21.6 Å². The van der Waals surface area contributed by atoms with Crippen LogP contribution in [0, 0.1) is 0 Å². The second-order valence-corrected chi connectivity index (χ2v) is 5.44. The molecule has 2 heterocycles. The van der Waals surface area contributed by atoms with E-state index in [2.05, 4.69) is 4.98 Å². The molecule has 0 saturated carbocycles. The number of alkyl halides is 3. The van der Waals surface area contributed by atoms with Gasteiger partial charge in [0.05, 0.1) is 5.56 Å². The van der Waals surface area contributed by atoms with Crippen LogP contribution < -0.4 is 10.6 Å². The number of nitrogens with two attached hydrogens (primary N) is 1. The van der Waals surface area contributed by atoms with Crippen molar-refractivity contribution >= 4 is 11.6 Å². The zero-order chi connectivity index (χ0) is 16.6. The Morgan fingerprint density at radius 1 is 1.22 bits per heavy atom. The molecule has 1 aliphatic heterocycles. The van der Waals surface area contributed by atoms with Gasteiger partial charge < -0.3 is 10.6 Å². The van der Waals surface area contributed by atoms with Gasteiger partial charge in [-0.3, -0.25) is 9.78 Å². The highest BCUT2D eigenvalue weighted by molar-refractivity contribution is 6.06. The molecule has 1 aromatic heterocycles. The molecule has 4 nitrogen and oxygen atoms in total. The largest absolute Gasteiger partial charge is 0.433 e. The molecule has 0 aliphatic carbocycles. The van der Waals surface area contributed by atoms with Gasteiger partial charge in [-0.15, -0.1) is 0 Å². The molecule has 1 aromatic carbocycles. The lowest BCUT2D eigenvalue weighted by atomic mass is 9.98. The number of rotatable bonds is 1. The van der Waals surface area contributed by atoms with E-state index in [1.165, 1.54) is 4.90 Å². The summed E-state index contributed by atoms with van der Waals surface area (Å²) in [4.78, 5) is 17.4. The van der Waals surface area contributed by atoms with Gasteiger partial charge in [0.25, 0.3) is 5.91 Å². The topological polar surface area (TPSA) is 59.2 Å². The molecule has 2 N–H and O–H groups in total. The third-order valence-corrected chi connectivity index (χ3v) is 3.73. The third-order valence-electron chi connectivity index (χ3n) is 3.73. The molecule has 1 aliphatic rings. The number of nitrogens with zero attached hydrogens (tertiary/aromatic N) is 2. The third kappa shape index (κ3) is 3.05. The van der Waals surface area contributed by atoms with Crippen molar-refractivity contribution in [2.24, 2.45) is 5.73 Å². The summed E-state index contributed by atoms with van der Waals surface area (Å²) >= 11 is 0. The molecular weight excluding hydrogens is 307 g/mol. The Morgan fingerprint density at radius 3 is 2.61 bits per heavy atom. The lowest BCUT2D eigenvalue weighted by Crippen LogP contribution is -2.46. The van der Waals surface area contributed by atoms with Crippen LogP contribution in [0.15, 0.2) is 42.6 Å². The van der Waals surface area contributed by atoms with Crippen molar-refractivity contribution in [2.75, 3.05) is 11.4 Å². The van der Waals surface area contributed by atoms with Crippen molar-refractivity contribution < 1.29 is 18.0 Å². The van der Waals surface area contributed by atoms with Gasteiger partial charge in [-0.05, 0) is 30.2 Å². The van der Waals surface area contributed by atoms with Crippen LogP contribution in [0.3, 0.4) is 0 Å². The number of halogens is 3. The highest BCUT2D eigenvalue weighted by Crippen LogP contribution is 2.29. The summed E-state index contributed by atoms with van der Waals surface area (Å²) in [7, 11) is 0. The maximum absolute atomic E-state index is 12.6. The van der Waals surface area contributed by atoms with Gasteiger partial charge in [0.2, 0.25) is 0 Å². The molecule has 23 heavy (non-hydrogen) atoms. The number of carbonyl (C=O) groups is 1. The molecule has 0 radical (unpaired) electrons. The molecule has 3 rings (SSSR count). The van der Waals surface area contributed by atoms with E-state index >= 15 is 0 Å². The number of hydrogen-bond acceptors (Lipinski definition) is 3. The fourth-order valence-electron chi connectivity index (χ4n) is 2.66. The SMILES string of the molecule is NC1Cc2ccccc2N(C(=O)c2ccc(C(F)(F)F)nc2)C1. The summed E-state index contributed by atoms with van der Waals surface area (Å²) in [6.07, 6.45) is -2.92. The molecule has 0 fully saturated rings. The van der Waals surface area contributed by atoms with E-state index in [1.807, 2.05) is 12.1 Å². The van der Waals surface area contributed by atoms with Crippen LogP contribution in [0.2, 0.25) is 0 Å². The average molecular weight is 321 g/mol. The standard InChI is InChI=1S/C16H14F3N3O/c17-16(18,19)14-6-5-11(8-21-14)15(23)22-9-12(20)7-10-3-1-2-4-13(10)22/h1-6,8,12H,7,9,20H2. The first kappa shape index (κ1) is 15.5. The highest BCUT2D eigenvalue weighted by atomic mass is 19.4. The normalized spacial score (nSPS) is 17.7. The van der Waals surface area contributed by atoms with E-state index < -0.39 is 17.8 Å². The molecular formula is C16H14F3N3O. The van der Waals surface area contributed by atoms with Gasteiger partial charge in [-0.25, -0.2) is 0 Å². The first-order valence-corrected chi connectivity index (χ1v) is 7.05. The van der Waals surface area contributed by atoms with Gasteiger partial charge in [-0.1, -0.05) is 18.2 Å². The van der Waals surface area contributed by atoms with Crippen molar-refractivity contribution in [1.29, 1.82) is 0 Å². The zero-order valence-corrected chi connectivity index (χ0v) is 12.0. The molecule has 1 atom stereocenters. The first-order chi connectivity index (χ1) is 10.9. The zero-order valence-electron chi connectivity index (χ0n) is 12.0. The second kappa shape index (κ2) is 5.66. The Balaban J connectivity index is 1.92. The highest BCUT2D eigenvalue weighted by Gasteiger charge is 2.33. The van der Waals surface area contributed by atoms with Gasteiger partial charge in [-0.2, -0.15) is 13.2 Å². The number of fused-ring (bicyclic) bond motifs is 1. The minimum absolute atomic E-state index is 0.0990. The fourth-order valence-corrected chi connectivity index (χ4v) is 2.66. The molecule has 7 heteroatoms. The lowest BCUT2D eigenvalue weighted by Gasteiger charge is -2.33. The Labute approximate surface area is 130 Å². The first-order valence-electron chi connectivity index (χ1n) is 7.05. The van der Waals surface area contributed by atoms with E-state index in [4.69, 9.17) is 5.73 Å². The van der Waals surface area contributed by atoms with Crippen molar-refractivity contribution in [3.05, 3.63) is 59.4 Å². The molecule has 0 bridgehead atoms. The van der Waals surface area contributed by atoms with Crippen molar-refractivity contribution in [3.63, 3.8) is 0 Å². The summed E-state index contributed by atoms with van der Waals surface area (Å²) in [6, 6.07) is 9.09. The predicted octanol–water partition coefficient (Wildman–Crippen LogP) is 2.63. The smallest absolute Gasteiger partial charge is 0.326 e. The number of benzene rings is 1. The van der Waals surface area contributed by atoms with E-state index in [0.717, 1.165) is 29.6 Å². The van der Waals surface area contributed by atoms with Gasteiger partial charge in [0.1, 0.15) is 5.69 Å². The van der Waals surface area contributed by atoms with Gasteiger partial charge in [0.15, 0.2) is 0 Å². The van der Waals surface area contributed by atoms with Crippen LogP contribution in [-0.2, 0) is 12.6 Å². The Morgan fingerprint density at radius 2 is 1.96 bits per heavy atom. The fraction of sp³-hybridized carbons (Fsp3) is 0.250. The maximum atomic E-state index is 12.6. The minimum Gasteiger partial charge on any atom is -0.326 e. The molecule has 1 amide bonds. The Hall–Kier alpha value is -2.41. The summed E-state index contributed by atoms with van der Waals surface area (Å²) in [5, 5.41) is 0. The predicted molar refractivity (Wildman–Crippen MR) is 79.0 cm³/mol. The molecule has 1 unspecified atom stereocenters. The van der Waals surface area contributed by atoms with Crippen LogP contribution in [0.4, 0.5) is 18.9 Å². The summed E-state index contributed by atoms with van der Waals surface area (Å²) < 4.78 is 37.6. The molecule has 120 valence electrons. The van der Waals surface area contributed by atoms with Crippen molar-refractivity contribution in [2.45, 2.75) is 18.6 Å². The Kier molecular flexibility index (Phi) is 3.81. The van der Waals surface area contributed by atoms with Crippen molar-refractivity contribution in [1.82, 2.24) is 4.98 Å². The van der Waals surface area contributed by atoms with E-state index in [1.54, 1.807) is 12.1 Å². The molecule has 0 spiro atoms. The van der Waals surface area contributed by atoms with Gasteiger partial charge >= 0.3 is 6.18 Å². The average Bonchev–Trinajstić information content (AvgIpc) is 2.52. The second-order valence-electron chi connectivity index (χ2n) is 5.44. The maximum Gasteiger partial charge on any atom is 0.433 e. The quantitative estimate of drug-likeness (QED) is 0.878. The number of amides is 1. The number of para-hydroxylation sites is 1. The minimum atomic E-state index is -4.53. The van der Waals surface area contributed by atoms with E-state index in [9.17, 15) is 18.0 Å². The van der Waals surface area contributed by atoms with Crippen molar-refractivity contribution in [3.8, 4) is 0 Å². The number of hydrogen-bond donors (Lipinski definition) is 1. The number of aromatic nitrogens is 1. The number of anilines is 1. The van der Waals surface area contributed by atoms with Crippen LogP contribution >= 0.6 is 0 Å². The van der Waals surface area contributed by atoms with Crippen LogP contribution in [0.25, 0.3) is 0 Å². The molecule has 2 aromatic rings. The summed E-state index contributed by atoms with van der Waals surface area (Å²) in [5.74, 6) is -0.408. The lowest BCUT2D eigenvalue weighted by molar-refractivity contribution is -0.141. The van der Waals surface area contributed by atoms with Crippen LogP contribution in [0.5, 0.6) is 0 Å². The van der Waals surface area contributed by atoms with Crippen LogP contribution in [-0.4, -0.2) is 23.5 Å². The summed E-state index contributed by atoms with van der Waals surface area (Å²) in [5.41, 5.74) is 6.73. The Bertz CT molecular complexity index is 728. The monoisotopic (exact) mass is 321 g/mol. The molecule has 0 saturated heterocycles. The number of pyridine rings is 1. The number of carbonyl (C=O) groups excluding carboxylic acids is 1. The van der Waals surface area contributed by atoms with E-state index in [-0.39, 0.29) is 11.6 Å². The summed E-state index contributed by atoms with van der Waals surface area (Å²) in [6.45, 7) is 0.316. The van der Waals surface area contributed by atoms with E-state index in [0.29, 0.717) is 13.0 Å².